The summed E-state index contributed by atoms with van der Waals surface area (Å²) in [5, 5.41) is 3.21. The van der Waals surface area contributed by atoms with E-state index in [4.69, 9.17) is 0 Å². The lowest BCUT2D eigenvalue weighted by Gasteiger charge is -2.05. The van der Waals surface area contributed by atoms with Crippen LogP contribution in [0.1, 0.15) is 46.4 Å². The van der Waals surface area contributed by atoms with Crippen molar-refractivity contribution in [1.29, 1.82) is 0 Å². The number of ether oxygens (including phenoxy) is 1. The van der Waals surface area contributed by atoms with Gasteiger partial charge in [0, 0.05) is 24.2 Å². The lowest BCUT2D eigenvalue weighted by atomic mass is 10.1. The van der Waals surface area contributed by atoms with Gasteiger partial charge in [-0.05, 0) is 30.0 Å². The second-order valence-corrected chi connectivity index (χ2v) is 7.00. The summed E-state index contributed by atoms with van der Waals surface area (Å²) in [7, 11) is 1.24. The SMILES string of the molecule is COC(=O)c1cnc2cc(CCc3nc(C(C)C)cs3)ccn2c1=O. The molecule has 0 aliphatic rings. The number of aromatic nitrogens is 3. The van der Waals surface area contributed by atoms with Crippen LogP contribution in [0.2, 0.25) is 0 Å². The Kier molecular flexibility index (Phi) is 4.94. The van der Waals surface area contributed by atoms with E-state index < -0.39 is 11.5 Å². The zero-order valence-corrected chi connectivity index (χ0v) is 15.2. The zero-order chi connectivity index (χ0) is 18.0. The number of aryl methyl sites for hydroxylation is 2. The number of rotatable bonds is 5. The zero-order valence-electron chi connectivity index (χ0n) is 14.4. The van der Waals surface area contributed by atoms with Gasteiger partial charge in [-0.3, -0.25) is 9.20 Å². The summed E-state index contributed by atoms with van der Waals surface area (Å²) >= 11 is 1.68. The Bertz CT molecular complexity index is 975. The summed E-state index contributed by atoms with van der Waals surface area (Å²) in [5.74, 6) is -0.244. The van der Waals surface area contributed by atoms with Crippen LogP contribution >= 0.6 is 11.3 Å². The molecule has 3 aromatic heterocycles. The number of esters is 1. The first-order chi connectivity index (χ1) is 12.0. The highest BCUT2D eigenvalue weighted by Gasteiger charge is 2.13. The first-order valence-electron chi connectivity index (χ1n) is 8.02. The molecule has 0 amide bonds. The normalized spacial score (nSPS) is 11.2. The number of nitrogens with zero attached hydrogens (tertiary/aromatic N) is 3. The smallest absolute Gasteiger partial charge is 0.345 e. The summed E-state index contributed by atoms with van der Waals surface area (Å²) in [4.78, 5) is 32.7. The minimum atomic E-state index is -0.680. The third-order valence-electron chi connectivity index (χ3n) is 3.97. The van der Waals surface area contributed by atoms with E-state index >= 15 is 0 Å². The summed E-state index contributed by atoms with van der Waals surface area (Å²) in [6.07, 6.45) is 4.57. The Balaban J connectivity index is 1.81. The van der Waals surface area contributed by atoms with E-state index in [1.54, 1.807) is 17.5 Å². The lowest BCUT2D eigenvalue weighted by molar-refractivity contribution is 0.0598. The molecule has 0 saturated heterocycles. The number of hydrogen-bond acceptors (Lipinski definition) is 6. The highest BCUT2D eigenvalue weighted by Crippen LogP contribution is 2.19. The highest BCUT2D eigenvalue weighted by molar-refractivity contribution is 7.09. The molecule has 0 aliphatic carbocycles. The minimum absolute atomic E-state index is 0.0725. The monoisotopic (exact) mass is 357 g/mol. The van der Waals surface area contributed by atoms with Crippen molar-refractivity contribution in [3.8, 4) is 0 Å². The maximum Gasteiger partial charge on any atom is 0.345 e. The second kappa shape index (κ2) is 7.14. The van der Waals surface area contributed by atoms with Gasteiger partial charge in [-0.1, -0.05) is 13.8 Å². The highest BCUT2D eigenvalue weighted by atomic mass is 32.1. The molecule has 0 saturated carbocycles. The quantitative estimate of drug-likeness (QED) is 0.657. The van der Waals surface area contributed by atoms with Crippen molar-refractivity contribution in [2.75, 3.05) is 7.11 Å². The first kappa shape index (κ1) is 17.3. The van der Waals surface area contributed by atoms with Gasteiger partial charge in [0.25, 0.3) is 5.56 Å². The van der Waals surface area contributed by atoms with E-state index in [-0.39, 0.29) is 5.56 Å². The van der Waals surface area contributed by atoms with Crippen molar-refractivity contribution < 1.29 is 9.53 Å². The van der Waals surface area contributed by atoms with Crippen LogP contribution < -0.4 is 5.56 Å². The molecule has 25 heavy (non-hydrogen) atoms. The minimum Gasteiger partial charge on any atom is -0.465 e. The second-order valence-electron chi connectivity index (χ2n) is 6.05. The number of carbonyl (C=O) groups excluding carboxylic acids is 1. The fourth-order valence-corrected chi connectivity index (χ4v) is 3.44. The number of carbonyl (C=O) groups is 1. The molecule has 0 unspecified atom stereocenters. The van der Waals surface area contributed by atoms with Crippen molar-refractivity contribution in [3.63, 3.8) is 0 Å². The van der Waals surface area contributed by atoms with Crippen molar-refractivity contribution in [2.45, 2.75) is 32.6 Å². The Labute approximate surface area is 149 Å². The molecule has 3 heterocycles. The molecule has 7 heteroatoms. The molecule has 0 N–H and O–H groups in total. The van der Waals surface area contributed by atoms with Gasteiger partial charge in [0.2, 0.25) is 0 Å². The fraction of sp³-hybridized carbons (Fsp3) is 0.333. The molecule has 6 nitrogen and oxygen atoms in total. The number of thiazole rings is 1. The van der Waals surface area contributed by atoms with Crippen LogP contribution in [0.15, 0.2) is 34.7 Å². The van der Waals surface area contributed by atoms with E-state index in [0.717, 1.165) is 29.1 Å². The molecule has 0 bridgehead atoms. The number of pyridine rings is 1. The lowest BCUT2D eigenvalue weighted by Crippen LogP contribution is -2.23. The van der Waals surface area contributed by atoms with Gasteiger partial charge in [0.15, 0.2) is 0 Å². The first-order valence-corrected chi connectivity index (χ1v) is 8.90. The molecule has 0 fully saturated rings. The Morgan fingerprint density at radius 1 is 1.36 bits per heavy atom. The van der Waals surface area contributed by atoms with Crippen molar-refractivity contribution in [3.05, 3.63) is 62.1 Å². The molecule has 3 rings (SSSR count). The maximum atomic E-state index is 12.3. The standard InChI is InChI=1S/C18H19N3O3S/c1-11(2)14-10-25-16(20-14)5-4-12-6-7-21-15(8-12)19-9-13(17(21)22)18(23)24-3/h6-11H,4-5H2,1-3H3. The van der Waals surface area contributed by atoms with Gasteiger partial charge in [0.1, 0.15) is 11.2 Å². The molecule has 0 aromatic carbocycles. The third kappa shape index (κ3) is 3.61. The molecule has 0 aliphatic heterocycles. The molecule has 0 atom stereocenters. The predicted molar refractivity (Wildman–Crippen MR) is 96.4 cm³/mol. The third-order valence-corrected chi connectivity index (χ3v) is 4.89. The Morgan fingerprint density at radius 3 is 2.84 bits per heavy atom. The summed E-state index contributed by atoms with van der Waals surface area (Å²) in [6.45, 7) is 4.27. The molecule has 3 aromatic rings. The summed E-state index contributed by atoms with van der Waals surface area (Å²) in [6, 6.07) is 3.73. The van der Waals surface area contributed by atoms with Gasteiger partial charge in [-0.2, -0.15) is 0 Å². The number of fused-ring (bicyclic) bond motifs is 1. The van der Waals surface area contributed by atoms with Crippen LogP contribution in [-0.4, -0.2) is 27.4 Å². The van der Waals surface area contributed by atoms with E-state index in [0.29, 0.717) is 11.6 Å². The van der Waals surface area contributed by atoms with Crippen molar-refractivity contribution in [2.24, 2.45) is 0 Å². The van der Waals surface area contributed by atoms with Gasteiger partial charge in [-0.15, -0.1) is 11.3 Å². The average Bonchev–Trinajstić information content (AvgIpc) is 3.09. The molecular formula is C18H19N3O3S. The largest absolute Gasteiger partial charge is 0.465 e. The summed E-state index contributed by atoms with van der Waals surface area (Å²) in [5.41, 5.74) is 2.21. The molecular weight excluding hydrogens is 338 g/mol. The van der Waals surface area contributed by atoms with Gasteiger partial charge in [-0.25, -0.2) is 14.8 Å². The van der Waals surface area contributed by atoms with Crippen LogP contribution in [0.3, 0.4) is 0 Å². The topological polar surface area (TPSA) is 73.6 Å². The van der Waals surface area contributed by atoms with Crippen molar-refractivity contribution in [1.82, 2.24) is 14.4 Å². The maximum absolute atomic E-state index is 12.3. The van der Waals surface area contributed by atoms with Crippen LogP contribution in [0, 0.1) is 0 Å². The van der Waals surface area contributed by atoms with Gasteiger partial charge in [0.05, 0.1) is 17.8 Å². The van der Waals surface area contributed by atoms with Crippen LogP contribution in [0.4, 0.5) is 0 Å². The van der Waals surface area contributed by atoms with Gasteiger partial charge >= 0.3 is 5.97 Å². The molecule has 0 radical (unpaired) electrons. The average molecular weight is 357 g/mol. The number of methoxy groups -OCH3 is 1. The van der Waals surface area contributed by atoms with E-state index in [2.05, 4.69) is 33.9 Å². The molecule has 130 valence electrons. The van der Waals surface area contributed by atoms with Crippen LogP contribution in [0.25, 0.3) is 5.65 Å². The van der Waals surface area contributed by atoms with E-state index in [1.807, 2.05) is 12.1 Å². The Hall–Kier alpha value is -2.54. The van der Waals surface area contributed by atoms with E-state index in [1.165, 1.54) is 17.7 Å². The van der Waals surface area contributed by atoms with E-state index in [9.17, 15) is 9.59 Å². The molecule has 0 spiro atoms. The number of hydrogen-bond donors (Lipinski definition) is 0. The van der Waals surface area contributed by atoms with Crippen molar-refractivity contribution >= 4 is 23.0 Å². The summed E-state index contributed by atoms with van der Waals surface area (Å²) < 4.78 is 5.96. The predicted octanol–water partition coefficient (Wildman–Crippen LogP) is 2.85. The fourth-order valence-electron chi connectivity index (χ4n) is 2.48. The Morgan fingerprint density at radius 2 is 2.16 bits per heavy atom. The van der Waals surface area contributed by atoms with Crippen LogP contribution in [-0.2, 0) is 17.6 Å². The van der Waals surface area contributed by atoms with Gasteiger partial charge < -0.3 is 4.74 Å². The van der Waals surface area contributed by atoms with Crippen LogP contribution in [0.5, 0.6) is 0 Å².